The quantitative estimate of drug-likeness (QED) is 0.265. The normalized spacial score (nSPS) is 27.7. The maximum Gasteiger partial charge on any atom is 0.250 e. The van der Waals surface area contributed by atoms with Gasteiger partial charge in [-0.15, -0.1) is 5.10 Å². The maximum absolute atomic E-state index is 15.1. The van der Waals surface area contributed by atoms with Crippen LogP contribution < -0.4 is 9.64 Å². The van der Waals surface area contributed by atoms with Gasteiger partial charge in [0.2, 0.25) is 11.8 Å². The zero-order chi connectivity index (χ0) is 35.3. The zero-order valence-corrected chi connectivity index (χ0v) is 28.5. The Bertz CT molecular complexity index is 2030. The molecule has 3 aromatic carbocycles. The highest BCUT2D eigenvalue weighted by atomic mass is 16.5. The predicted molar refractivity (Wildman–Crippen MR) is 188 cm³/mol. The number of hydrogen-bond acceptors (Lipinski definition) is 8. The molecule has 4 aliphatic rings. The van der Waals surface area contributed by atoms with E-state index in [0.29, 0.717) is 30.0 Å². The highest BCUT2D eigenvalue weighted by Crippen LogP contribution is 2.58. The number of hydrogen-bond donors (Lipinski definition) is 1. The topological polar surface area (TPSA) is 130 Å². The van der Waals surface area contributed by atoms with Crippen molar-refractivity contribution < 1.29 is 29.0 Å². The number of carbonyl (C=O) groups excluding carboxylic acids is 3. The average molecular weight is 689 g/mol. The molecule has 0 radical (unpaired) electrons. The SMILES string of the molecule is CCOc1ccc(N2CC=C[C@@]3(C)O[C@]45C=CCN(Cn6nnc7ccccc76)C(=O)C4N([C@@H](CO)Cc4ccccc4)C(=O)[C@@H]5[C@H]3C2=O)cc1. The number of fused-ring (bicyclic) bond motifs is 3. The summed E-state index contributed by atoms with van der Waals surface area (Å²) in [5, 5.41) is 19.5. The average Bonchev–Trinajstić information content (AvgIpc) is 3.67. The number of benzene rings is 3. The summed E-state index contributed by atoms with van der Waals surface area (Å²) in [4.78, 5) is 49.7. The summed E-state index contributed by atoms with van der Waals surface area (Å²) >= 11 is 0. The Morgan fingerprint density at radius 3 is 2.41 bits per heavy atom. The van der Waals surface area contributed by atoms with Crippen LogP contribution in [0.2, 0.25) is 0 Å². The molecule has 0 saturated carbocycles. The number of ether oxygens (including phenoxy) is 2. The molecule has 0 aliphatic carbocycles. The molecule has 12 nitrogen and oxygen atoms in total. The van der Waals surface area contributed by atoms with Crippen molar-refractivity contribution in [2.24, 2.45) is 11.8 Å². The molecule has 2 fully saturated rings. The summed E-state index contributed by atoms with van der Waals surface area (Å²) in [5.41, 5.74) is 0.338. The van der Waals surface area contributed by atoms with Crippen LogP contribution in [0.1, 0.15) is 19.4 Å². The summed E-state index contributed by atoms with van der Waals surface area (Å²) < 4.78 is 14.3. The minimum atomic E-state index is -1.49. The molecule has 4 aromatic rings. The number of aliphatic hydroxyl groups excluding tert-OH is 1. The number of para-hydroxylation sites is 1. The Hall–Kier alpha value is -5.33. The summed E-state index contributed by atoms with van der Waals surface area (Å²) in [6.07, 6.45) is 7.72. The van der Waals surface area contributed by atoms with Crippen LogP contribution in [0.4, 0.5) is 5.69 Å². The third kappa shape index (κ3) is 5.32. The van der Waals surface area contributed by atoms with Crippen LogP contribution in [-0.2, 0) is 32.2 Å². The molecule has 1 spiro atoms. The summed E-state index contributed by atoms with van der Waals surface area (Å²) in [5.74, 6) is -2.34. The van der Waals surface area contributed by atoms with E-state index < -0.39 is 47.6 Å². The molecule has 4 aliphatic heterocycles. The molecule has 1 unspecified atom stereocenters. The van der Waals surface area contributed by atoms with Gasteiger partial charge in [-0.05, 0) is 62.2 Å². The van der Waals surface area contributed by atoms with E-state index >= 15 is 9.59 Å². The molecule has 1 aromatic heterocycles. The summed E-state index contributed by atoms with van der Waals surface area (Å²) in [6, 6.07) is 22.5. The van der Waals surface area contributed by atoms with Crippen LogP contribution in [-0.4, -0.2) is 97.2 Å². The highest BCUT2D eigenvalue weighted by molar-refractivity contribution is 6.04. The first kappa shape index (κ1) is 32.9. The first-order chi connectivity index (χ1) is 24.8. The molecule has 6 atom stereocenters. The minimum absolute atomic E-state index is 0.0799. The van der Waals surface area contributed by atoms with Gasteiger partial charge in [0.1, 0.15) is 29.6 Å². The lowest BCUT2D eigenvalue weighted by atomic mass is 9.74. The first-order valence-corrected chi connectivity index (χ1v) is 17.4. The number of amides is 3. The summed E-state index contributed by atoms with van der Waals surface area (Å²) in [6.45, 7) is 4.44. The van der Waals surface area contributed by atoms with Crippen molar-refractivity contribution in [3.63, 3.8) is 0 Å². The number of aliphatic hydroxyl groups is 1. The van der Waals surface area contributed by atoms with Gasteiger partial charge in [-0.3, -0.25) is 14.4 Å². The highest BCUT2D eigenvalue weighted by Gasteiger charge is 2.75. The van der Waals surface area contributed by atoms with Crippen molar-refractivity contribution in [2.75, 3.05) is 31.2 Å². The number of aromatic nitrogens is 3. The van der Waals surface area contributed by atoms with Crippen LogP contribution in [0.5, 0.6) is 5.75 Å². The Kier molecular flexibility index (Phi) is 8.23. The van der Waals surface area contributed by atoms with Crippen molar-refractivity contribution >= 4 is 34.4 Å². The van der Waals surface area contributed by atoms with Crippen LogP contribution in [0.3, 0.4) is 0 Å². The number of rotatable bonds is 9. The molecule has 3 amide bonds. The molecule has 8 rings (SSSR count). The van der Waals surface area contributed by atoms with Crippen molar-refractivity contribution in [2.45, 2.75) is 50.2 Å². The van der Waals surface area contributed by atoms with Crippen LogP contribution in [0.25, 0.3) is 11.0 Å². The van der Waals surface area contributed by atoms with E-state index in [9.17, 15) is 9.90 Å². The molecular weight excluding hydrogens is 648 g/mol. The van der Waals surface area contributed by atoms with Gasteiger partial charge in [0.25, 0.3) is 5.91 Å². The van der Waals surface area contributed by atoms with E-state index in [1.54, 1.807) is 14.5 Å². The molecule has 12 heteroatoms. The Morgan fingerprint density at radius 1 is 0.902 bits per heavy atom. The zero-order valence-electron chi connectivity index (χ0n) is 28.5. The fourth-order valence-corrected chi connectivity index (χ4v) is 8.47. The van der Waals surface area contributed by atoms with Gasteiger partial charge >= 0.3 is 0 Å². The third-order valence-corrected chi connectivity index (χ3v) is 10.7. The lowest BCUT2D eigenvalue weighted by Crippen LogP contribution is -2.59. The molecule has 5 heterocycles. The molecule has 262 valence electrons. The van der Waals surface area contributed by atoms with E-state index in [4.69, 9.17) is 9.47 Å². The van der Waals surface area contributed by atoms with Gasteiger partial charge in [0.05, 0.1) is 42.2 Å². The first-order valence-electron chi connectivity index (χ1n) is 17.4. The second-order valence-electron chi connectivity index (χ2n) is 13.7. The van der Waals surface area contributed by atoms with Gasteiger partial charge in [0, 0.05) is 18.8 Å². The van der Waals surface area contributed by atoms with Crippen molar-refractivity contribution in [1.82, 2.24) is 24.8 Å². The van der Waals surface area contributed by atoms with Gasteiger partial charge in [-0.25, -0.2) is 4.68 Å². The van der Waals surface area contributed by atoms with Crippen molar-refractivity contribution in [3.05, 3.63) is 109 Å². The smallest absolute Gasteiger partial charge is 0.250 e. The molecular formula is C39H40N6O6. The number of anilines is 1. The molecule has 2 saturated heterocycles. The summed E-state index contributed by atoms with van der Waals surface area (Å²) in [7, 11) is 0. The molecule has 0 bridgehead atoms. The number of likely N-dealkylation sites (tertiary alicyclic amines) is 1. The van der Waals surface area contributed by atoms with Crippen LogP contribution >= 0.6 is 0 Å². The van der Waals surface area contributed by atoms with Gasteiger partial charge in [0.15, 0.2) is 0 Å². The standard InChI is InChI=1S/C39H40N6O6/c1-3-50-29-17-15-27(16-18-29)43-22-9-19-38(2)32(35(43)47)33-36(48)45(28(24-46)23-26-11-5-4-6-12-26)34-37(49)42(21-10-20-39(33,34)51-38)25-44-31-14-8-7-13-30(31)40-41-44/h4-20,28,32-34,46H,3,21-25H2,1-2H3/t28-,32+,33+,34?,38-,39+/m1/s1. The van der Waals surface area contributed by atoms with E-state index in [-0.39, 0.29) is 31.6 Å². The fourth-order valence-electron chi connectivity index (χ4n) is 8.47. The van der Waals surface area contributed by atoms with Gasteiger partial charge in [-0.2, -0.15) is 0 Å². The second kappa shape index (κ2) is 12.8. The molecule has 1 N–H and O–H groups in total. The van der Waals surface area contributed by atoms with E-state index in [1.165, 1.54) is 4.90 Å². The van der Waals surface area contributed by atoms with Crippen LogP contribution in [0.15, 0.2) is 103 Å². The molecule has 51 heavy (non-hydrogen) atoms. The lowest BCUT2D eigenvalue weighted by molar-refractivity contribution is -0.155. The Labute approximate surface area is 295 Å². The lowest BCUT2D eigenvalue weighted by Gasteiger charge is -2.40. The van der Waals surface area contributed by atoms with E-state index in [0.717, 1.165) is 11.1 Å². The minimum Gasteiger partial charge on any atom is -0.494 e. The number of nitrogens with zero attached hydrogens (tertiary/aromatic N) is 6. The van der Waals surface area contributed by atoms with Crippen molar-refractivity contribution in [1.29, 1.82) is 0 Å². The number of carbonyl (C=O) groups is 3. The van der Waals surface area contributed by atoms with Gasteiger partial charge < -0.3 is 29.3 Å². The Morgan fingerprint density at radius 2 is 1.65 bits per heavy atom. The second-order valence-corrected chi connectivity index (χ2v) is 13.7. The fraction of sp³-hybridized carbons (Fsp3) is 0.359. The van der Waals surface area contributed by atoms with Gasteiger partial charge in [-0.1, -0.05) is 72.0 Å². The van der Waals surface area contributed by atoms with E-state index in [1.807, 2.05) is 117 Å². The Balaban J connectivity index is 1.21. The third-order valence-electron chi connectivity index (χ3n) is 10.7. The monoisotopic (exact) mass is 688 g/mol. The van der Waals surface area contributed by atoms with Crippen molar-refractivity contribution in [3.8, 4) is 5.75 Å². The van der Waals surface area contributed by atoms with Crippen LogP contribution in [0, 0.1) is 11.8 Å². The predicted octanol–water partition coefficient (Wildman–Crippen LogP) is 3.36. The largest absolute Gasteiger partial charge is 0.494 e. The maximum atomic E-state index is 15.1. The van der Waals surface area contributed by atoms with E-state index in [2.05, 4.69) is 10.3 Å².